The van der Waals surface area contributed by atoms with Gasteiger partial charge in [-0.05, 0) is 49.5 Å². The number of thioether (sulfide) groups is 1. The summed E-state index contributed by atoms with van der Waals surface area (Å²) in [4.78, 5) is 15.0. The second kappa shape index (κ2) is 10.5. The number of carbonyl (C=O) groups is 1. The molecule has 1 fully saturated rings. The van der Waals surface area contributed by atoms with Gasteiger partial charge in [0.1, 0.15) is 0 Å². The lowest BCUT2D eigenvalue weighted by atomic mass is 10.0. The number of nitrogens with zero attached hydrogens (tertiary/aromatic N) is 1. The van der Waals surface area contributed by atoms with E-state index in [2.05, 4.69) is 46.6 Å². The molecule has 2 aromatic rings. The number of hydrogen-bond acceptors (Lipinski definition) is 3. The third-order valence-corrected chi connectivity index (χ3v) is 6.34. The topological polar surface area (TPSA) is 32.3 Å². The first-order chi connectivity index (χ1) is 13.2. The van der Waals surface area contributed by atoms with Crippen molar-refractivity contribution in [1.29, 1.82) is 0 Å². The van der Waals surface area contributed by atoms with Crippen LogP contribution < -0.4 is 5.32 Å². The van der Waals surface area contributed by atoms with E-state index in [0.717, 1.165) is 12.3 Å². The summed E-state index contributed by atoms with van der Waals surface area (Å²) in [7, 11) is 0. The maximum Gasteiger partial charge on any atom is 0.233 e. The van der Waals surface area contributed by atoms with Gasteiger partial charge in [-0.1, -0.05) is 61.0 Å². The Hall–Kier alpha value is -1.78. The monoisotopic (exact) mass is 382 g/mol. The molecular weight excluding hydrogens is 352 g/mol. The molecular formula is C23H30N2OS. The van der Waals surface area contributed by atoms with Crippen LogP contribution in [0.2, 0.25) is 0 Å². The molecule has 0 saturated carbocycles. The second-order valence-electron chi connectivity index (χ2n) is 7.26. The van der Waals surface area contributed by atoms with Crippen LogP contribution >= 0.6 is 11.8 Å². The Bertz CT molecular complexity index is 713. The molecule has 27 heavy (non-hydrogen) atoms. The van der Waals surface area contributed by atoms with E-state index < -0.39 is 0 Å². The van der Waals surface area contributed by atoms with Gasteiger partial charge in [0.2, 0.25) is 5.91 Å². The van der Waals surface area contributed by atoms with E-state index in [4.69, 9.17) is 0 Å². The summed E-state index contributed by atoms with van der Waals surface area (Å²) in [6.07, 6.45) is 3.96. The van der Waals surface area contributed by atoms with Crippen molar-refractivity contribution in [1.82, 2.24) is 10.2 Å². The van der Waals surface area contributed by atoms with E-state index in [1.807, 2.05) is 25.1 Å². The molecule has 3 nitrogen and oxygen atoms in total. The highest BCUT2D eigenvalue weighted by molar-refractivity contribution is 7.99. The first kappa shape index (κ1) is 20.0. The van der Waals surface area contributed by atoms with Gasteiger partial charge in [0.05, 0.1) is 5.25 Å². The minimum Gasteiger partial charge on any atom is -0.351 e. The number of rotatable bonds is 8. The average molecular weight is 383 g/mol. The number of hydrogen-bond donors (Lipinski definition) is 1. The van der Waals surface area contributed by atoms with Crippen LogP contribution in [0.4, 0.5) is 0 Å². The highest BCUT2D eigenvalue weighted by Gasteiger charge is 2.15. The van der Waals surface area contributed by atoms with Crippen LogP contribution in [0, 0.1) is 0 Å². The normalized spacial score (nSPS) is 16.0. The van der Waals surface area contributed by atoms with E-state index in [1.165, 1.54) is 49.0 Å². The molecule has 0 radical (unpaired) electrons. The van der Waals surface area contributed by atoms with E-state index >= 15 is 0 Å². The van der Waals surface area contributed by atoms with Crippen LogP contribution in [0.5, 0.6) is 0 Å². The van der Waals surface area contributed by atoms with Gasteiger partial charge < -0.3 is 5.32 Å². The van der Waals surface area contributed by atoms with E-state index in [-0.39, 0.29) is 11.2 Å². The van der Waals surface area contributed by atoms with E-state index in [9.17, 15) is 4.79 Å². The van der Waals surface area contributed by atoms with Gasteiger partial charge >= 0.3 is 0 Å². The van der Waals surface area contributed by atoms with Crippen molar-refractivity contribution in [2.24, 2.45) is 0 Å². The van der Waals surface area contributed by atoms with Gasteiger partial charge in [0.25, 0.3) is 0 Å². The fourth-order valence-corrected chi connectivity index (χ4v) is 4.31. The summed E-state index contributed by atoms with van der Waals surface area (Å²) in [5, 5.41) is 3.08. The predicted molar refractivity (Wildman–Crippen MR) is 115 cm³/mol. The molecule has 1 aliphatic heterocycles. The van der Waals surface area contributed by atoms with Gasteiger partial charge in [0.15, 0.2) is 0 Å². The highest BCUT2D eigenvalue weighted by atomic mass is 32.2. The summed E-state index contributed by atoms with van der Waals surface area (Å²) in [6.45, 7) is 5.97. The first-order valence-corrected chi connectivity index (χ1v) is 11.0. The predicted octanol–water partition coefficient (Wildman–Crippen LogP) is 4.61. The van der Waals surface area contributed by atoms with Crippen LogP contribution in [0.25, 0.3) is 0 Å². The number of amides is 1. The van der Waals surface area contributed by atoms with Gasteiger partial charge in [-0.25, -0.2) is 0 Å². The maximum absolute atomic E-state index is 12.5. The van der Waals surface area contributed by atoms with Gasteiger partial charge in [-0.15, -0.1) is 11.8 Å². The Morgan fingerprint density at radius 3 is 2.41 bits per heavy atom. The molecule has 1 heterocycles. The zero-order valence-corrected chi connectivity index (χ0v) is 17.0. The molecule has 144 valence electrons. The van der Waals surface area contributed by atoms with Crippen molar-refractivity contribution in [3.8, 4) is 0 Å². The fraction of sp³-hybridized carbons (Fsp3) is 0.435. The Labute approximate surface area is 167 Å². The third-order valence-electron chi connectivity index (χ3n) is 5.13. The fourth-order valence-electron chi connectivity index (χ4n) is 3.44. The standard InChI is InChI=1S/C23H30N2OS/c1-19(27-18-20-10-4-2-5-11-20)23(26)24-16-21-12-6-7-13-22(21)17-25-14-8-3-9-15-25/h2,4-7,10-13,19H,3,8-9,14-18H2,1H3,(H,24,26). The lowest BCUT2D eigenvalue weighted by Gasteiger charge is -2.27. The molecule has 1 atom stereocenters. The number of carbonyl (C=O) groups excluding carboxylic acids is 1. The summed E-state index contributed by atoms with van der Waals surface area (Å²) in [5.74, 6) is 0.977. The molecule has 1 saturated heterocycles. The third kappa shape index (κ3) is 6.40. The van der Waals surface area contributed by atoms with Crippen LogP contribution in [-0.4, -0.2) is 29.1 Å². The average Bonchev–Trinajstić information content (AvgIpc) is 2.72. The molecule has 2 aromatic carbocycles. The van der Waals surface area contributed by atoms with Crippen LogP contribution in [0.15, 0.2) is 54.6 Å². The summed E-state index contributed by atoms with van der Waals surface area (Å²) >= 11 is 1.69. The molecule has 0 aliphatic carbocycles. The molecule has 0 spiro atoms. The van der Waals surface area contributed by atoms with Crippen LogP contribution in [-0.2, 0) is 23.6 Å². The molecule has 1 aliphatic rings. The summed E-state index contributed by atoms with van der Waals surface area (Å²) in [6, 6.07) is 18.8. The first-order valence-electron chi connectivity index (χ1n) is 9.95. The van der Waals surface area contributed by atoms with Crippen LogP contribution in [0.3, 0.4) is 0 Å². The Morgan fingerprint density at radius 1 is 1.00 bits per heavy atom. The van der Waals surface area contributed by atoms with Gasteiger partial charge in [-0.3, -0.25) is 9.69 Å². The van der Waals surface area contributed by atoms with Crippen LogP contribution in [0.1, 0.15) is 42.9 Å². The number of piperidine rings is 1. The SMILES string of the molecule is CC(SCc1ccccc1)C(=O)NCc1ccccc1CN1CCCCC1. The molecule has 1 unspecified atom stereocenters. The number of nitrogens with one attached hydrogen (secondary N) is 1. The van der Waals surface area contributed by atoms with Crippen molar-refractivity contribution in [2.75, 3.05) is 13.1 Å². The van der Waals surface area contributed by atoms with E-state index in [0.29, 0.717) is 6.54 Å². The molecule has 1 amide bonds. The zero-order chi connectivity index (χ0) is 18.9. The Balaban J connectivity index is 1.49. The van der Waals surface area contributed by atoms with Crippen molar-refractivity contribution < 1.29 is 4.79 Å². The van der Waals surface area contributed by atoms with Crippen molar-refractivity contribution >= 4 is 17.7 Å². The largest absolute Gasteiger partial charge is 0.351 e. The Kier molecular flexibility index (Phi) is 7.79. The molecule has 4 heteroatoms. The number of benzene rings is 2. The molecule has 1 N–H and O–H groups in total. The van der Waals surface area contributed by atoms with Crippen molar-refractivity contribution in [3.05, 3.63) is 71.3 Å². The minimum atomic E-state index is -0.0561. The molecule has 0 aromatic heterocycles. The quantitative estimate of drug-likeness (QED) is 0.723. The summed E-state index contributed by atoms with van der Waals surface area (Å²) in [5.41, 5.74) is 3.83. The Morgan fingerprint density at radius 2 is 1.67 bits per heavy atom. The number of likely N-dealkylation sites (tertiary alicyclic amines) is 1. The maximum atomic E-state index is 12.5. The van der Waals surface area contributed by atoms with Crippen molar-refractivity contribution in [2.45, 2.75) is 50.3 Å². The smallest absolute Gasteiger partial charge is 0.233 e. The van der Waals surface area contributed by atoms with Gasteiger partial charge in [-0.2, -0.15) is 0 Å². The van der Waals surface area contributed by atoms with Gasteiger partial charge in [0, 0.05) is 18.8 Å². The van der Waals surface area contributed by atoms with E-state index in [1.54, 1.807) is 11.8 Å². The molecule has 3 rings (SSSR count). The zero-order valence-electron chi connectivity index (χ0n) is 16.2. The molecule has 0 bridgehead atoms. The van der Waals surface area contributed by atoms with Crippen molar-refractivity contribution in [3.63, 3.8) is 0 Å². The minimum absolute atomic E-state index is 0.0561. The summed E-state index contributed by atoms with van der Waals surface area (Å²) < 4.78 is 0. The highest BCUT2D eigenvalue weighted by Crippen LogP contribution is 2.19. The second-order valence-corrected chi connectivity index (χ2v) is 8.59. The lowest BCUT2D eigenvalue weighted by molar-refractivity contribution is -0.120. The lowest BCUT2D eigenvalue weighted by Crippen LogP contribution is -2.32.